The van der Waals surface area contributed by atoms with Crippen molar-refractivity contribution in [2.45, 2.75) is 49.1 Å². The van der Waals surface area contributed by atoms with Gasteiger partial charge in [0.05, 0.1) is 11.0 Å². The molecule has 2 unspecified atom stereocenters. The Morgan fingerprint density at radius 1 is 1.43 bits per heavy atom. The van der Waals surface area contributed by atoms with Crippen LogP contribution in [0.5, 0.6) is 0 Å². The molecule has 4 nitrogen and oxygen atoms in total. The Morgan fingerprint density at radius 2 is 2.24 bits per heavy atom. The molecule has 1 heterocycles. The monoisotopic (exact) mass is 311 g/mol. The van der Waals surface area contributed by atoms with E-state index >= 15 is 0 Å². The zero-order valence-corrected chi connectivity index (χ0v) is 13.7. The number of sulfone groups is 1. The average Bonchev–Trinajstić information content (AvgIpc) is 2.96. The van der Waals surface area contributed by atoms with E-state index in [4.69, 9.17) is 4.74 Å². The summed E-state index contributed by atoms with van der Waals surface area (Å²) in [7, 11) is -1.23. The van der Waals surface area contributed by atoms with E-state index in [1.165, 1.54) is 19.1 Å². The third kappa shape index (κ3) is 4.80. The smallest absolute Gasteiger partial charge is 0.175 e. The van der Waals surface area contributed by atoms with Gasteiger partial charge in [0.25, 0.3) is 0 Å². The molecule has 1 fully saturated rings. The van der Waals surface area contributed by atoms with Gasteiger partial charge in [0.2, 0.25) is 0 Å². The first-order valence-electron chi connectivity index (χ1n) is 7.59. The molecule has 2 rings (SSSR count). The molecule has 0 aliphatic carbocycles. The van der Waals surface area contributed by atoms with Gasteiger partial charge >= 0.3 is 0 Å². The summed E-state index contributed by atoms with van der Waals surface area (Å²) in [5, 5.41) is 3.29. The minimum Gasteiger partial charge on any atom is -0.378 e. The predicted molar refractivity (Wildman–Crippen MR) is 84.2 cm³/mol. The number of hydrogen-bond acceptors (Lipinski definition) is 4. The number of benzene rings is 1. The van der Waals surface area contributed by atoms with Gasteiger partial charge in [0, 0.05) is 18.9 Å². The van der Waals surface area contributed by atoms with Gasteiger partial charge in [-0.15, -0.1) is 0 Å². The molecule has 1 aliphatic heterocycles. The molecule has 21 heavy (non-hydrogen) atoms. The van der Waals surface area contributed by atoms with Crippen LogP contribution >= 0.6 is 0 Å². The van der Waals surface area contributed by atoms with Crippen LogP contribution in [0.15, 0.2) is 29.2 Å². The van der Waals surface area contributed by atoms with E-state index in [-0.39, 0.29) is 6.04 Å². The zero-order chi connectivity index (χ0) is 15.3. The molecular formula is C16H25NO3S. The molecule has 0 spiro atoms. The molecule has 1 saturated heterocycles. The number of hydrogen-bond donors (Lipinski definition) is 1. The van der Waals surface area contributed by atoms with Crippen LogP contribution in [-0.2, 0) is 14.6 Å². The average molecular weight is 311 g/mol. The highest BCUT2D eigenvalue weighted by atomic mass is 32.2. The fourth-order valence-electron chi connectivity index (χ4n) is 2.86. The van der Waals surface area contributed by atoms with Crippen LogP contribution in [0.1, 0.15) is 43.7 Å². The lowest BCUT2D eigenvalue weighted by atomic mass is 9.99. The van der Waals surface area contributed by atoms with Crippen LogP contribution < -0.4 is 5.32 Å². The third-order valence-corrected chi connectivity index (χ3v) is 5.19. The summed E-state index contributed by atoms with van der Waals surface area (Å²) in [5.74, 6) is 0. The largest absolute Gasteiger partial charge is 0.378 e. The van der Waals surface area contributed by atoms with E-state index < -0.39 is 9.84 Å². The Hall–Kier alpha value is -0.910. The molecule has 1 aromatic rings. The van der Waals surface area contributed by atoms with Gasteiger partial charge in [-0.3, -0.25) is 0 Å². The van der Waals surface area contributed by atoms with Crippen molar-refractivity contribution in [3.05, 3.63) is 29.8 Å². The van der Waals surface area contributed by atoms with E-state index in [0.717, 1.165) is 31.4 Å². The van der Waals surface area contributed by atoms with Crippen molar-refractivity contribution in [1.82, 2.24) is 5.32 Å². The first kappa shape index (κ1) is 16.5. The summed E-state index contributed by atoms with van der Waals surface area (Å²) < 4.78 is 28.9. The summed E-state index contributed by atoms with van der Waals surface area (Å²) in [4.78, 5) is 0.388. The molecule has 1 aromatic carbocycles. The van der Waals surface area contributed by atoms with Crippen LogP contribution in [0, 0.1) is 0 Å². The van der Waals surface area contributed by atoms with Gasteiger partial charge in [-0.25, -0.2) is 8.42 Å². The van der Waals surface area contributed by atoms with Crippen molar-refractivity contribution in [3.63, 3.8) is 0 Å². The SMILES string of the molecule is CNC(CCCC1CCCO1)c1cccc(S(C)(=O)=O)c1. The Bertz CT molecular complexity index is 550. The summed E-state index contributed by atoms with van der Waals surface area (Å²) in [6.07, 6.45) is 7.18. The molecule has 1 N–H and O–H groups in total. The second kappa shape index (κ2) is 7.38. The Kier molecular flexibility index (Phi) is 5.79. The Balaban J connectivity index is 1.96. The Morgan fingerprint density at radius 3 is 2.86 bits per heavy atom. The molecule has 0 amide bonds. The van der Waals surface area contributed by atoms with Crippen molar-refractivity contribution in [1.29, 1.82) is 0 Å². The quantitative estimate of drug-likeness (QED) is 0.841. The lowest BCUT2D eigenvalue weighted by molar-refractivity contribution is 0.101. The van der Waals surface area contributed by atoms with Crippen molar-refractivity contribution in [2.75, 3.05) is 19.9 Å². The molecule has 1 aliphatic rings. The molecular weight excluding hydrogens is 286 g/mol. The van der Waals surface area contributed by atoms with Crippen molar-refractivity contribution in [3.8, 4) is 0 Å². The van der Waals surface area contributed by atoms with Crippen LogP contribution in [0.2, 0.25) is 0 Å². The molecule has 0 aromatic heterocycles. The highest BCUT2D eigenvalue weighted by Crippen LogP contribution is 2.24. The topological polar surface area (TPSA) is 55.4 Å². The summed E-state index contributed by atoms with van der Waals surface area (Å²) >= 11 is 0. The highest BCUT2D eigenvalue weighted by molar-refractivity contribution is 7.90. The third-order valence-electron chi connectivity index (χ3n) is 4.08. The second-order valence-electron chi connectivity index (χ2n) is 5.75. The molecule has 0 saturated carbocycles. The van der Waals surface area contributed by atoms with E-state index in [1.807, 2.05) is 19.2 Å². The normalized spacial score (nSPS) is 20.6. The fourth-order valence-corrected chi connectivity index (χ4v) is 3.54. The van der Waals surface area contributed by atoms with Crippen molar-refractivity contribution >= 4 is 9.84 Å². The maximum absolute atomic E-state index is 11.6. The van der Waals surface area contributed by atoms with Crippen LogP contribution in [0.25, 0.3) is 0 Å². The minimum absolute atomic E-state index is 0.188. The van der Waals surface area contributed by atoms with Crippen LogP contribution in [0.4, 0.5) is 0 Å². The van der Waals surface area contributed by atoms with Crippen molar-refractivity contribution in [2.24, 2.45) is 0 Å². The summed E-state index contributed by atoms with van der Waals surface area (Å²) in [5.41, 5.74) is 1.03. The molecule has 0 bridgehead atoms. The maximum atomic E-state index is 11.6. The zero-order valence-electron chi connectivity index (χ0n) is 12.8. The number of nitrogens with one attached hydrogen (secondary N) is 1. The lowest BCUT2D eigenvalue weighted by Gasteiger charge is -2.18. The van der Waals surface area contributed by atoms with Gasteiger partial charge < -0.3 is 10.1 Å². The van der Waals surface area contributed by atoms with Gasteiger partial charge in [0.1, 0.15) is 0 Å². The van der Waals surface area contributed by atoms with Gasteiger partial charge in [-0.05, 0) is 56.8 Å². The predicted octanol–water partition coefficient (Wildman–Crippen LogP) is 2.70. The lowest BCUT2D eigenvalue weighted by Crippen LogP contribution is -2.17. The maximum Gasteiger partial charge on any atom is 0.175 e. The first-order chi connectivity index (χ1) is 10.0. The number of rotatable bonds is 7. The molecule has 0 radical (unpaired) electrons. The van der Waals surface area contributed by atoms with E-state index in [2.05, 4.69) is 5.32 Å². The van der Waals surface area contributed by atoms with E-state index in [0.29, 0.717) is 11.0 Å². The fraction of sp³-hybridized carbons (Fsp3) is 0.625. The standard InChI is InChI=1S/C16H25NO3S/c1-17-16(10-4-7-14-8-5-11-20-14)13-6-3-9-15(12-13)21(2,18)19/h3,6,9,12,14,16-17H,4-5,7-8,10-11H2,1-2H3. The second-order valence-corrected chi connectivity index (χ2v) is 7.77. The molecule has 2 atom stereocenters. The van der Waals surface area contributed by atoms with Gasteiger partial charge in [-0.1, -0.05) is 12.1 Å². The Labute approximate surface area is 127 Å². The van der Waals surface area contributed by atoms with Crippen LogP contribution in [-0.4, -0.2) is 34.4 Å². The number of ether oxygens (including phenoxy) is 1. The minimum atomic E-state index is -3.15. The van der Waals surface area contributed by atoms with E-state index in [1.54, 1.807) is 12.1 Å². The van der Waals surface area contributed by atoms with Gasteiger partial charge in [-0.2, -0.15) is 0 Å². The van der Waals surface area contributed by atoms with E-state index in [9.17, 15) is 8.42 Å². The van der Waals surface area contributed by atoms with Gasteiger partial charge in [0.15, 0.2) is 9.84 Å². The highest BCUT2D eigenvalue weighted by Gasteiger charge is 2.17. The summed E-state index contributed by atoms with van der Waals surface area (Å²) in [6.45, 7) is 0.899. The van der Waals surface area contributed by atoms with Crippen LogP contribution in [0.3, 0.4) is 0 Å². The first-order valence-corrected chi connectivity index (χ1v) is 9.48. The summed E-state index contributed by atoms with van der Waals surface area (Å²) in [6, 6.07) is 7.42. The molecule has 5 heteroatoms. The molecule has 118 valence electrons. The van der Waals surface area contributed by atoms with Crippen molar-refractivity contribution < 1.29 is 13.2 Å².